The number of carbonyl (C=O) groups is 2. The molecular formula is C27H30BrN3O7S. The maximum atomic E-state index is 13.3. The lowest BCUT2D eigenvalue weighted by Gasteiger charge is -2.31. The van der Waals surface area contributed by atoms with Crippen LogP contribution in [0.15, 0.2) is 63.5 Å². The van der Waals surface area contributed by atoms with Gasteiger partial charge in [-0.3, -0.25) is 14.5 Å². The number of halogens is 1. The topological polar surface area (TPSA) is 117 Å². The number of rotatable bonds is 7. The zero-order chi connectivity index (χ0) is 27.6. The molecule has 1 amide bonds. The van der Waals surface area contributed by atoms with Crippen molar-refractivity contribution < 1.29 is 32.6 Å². The smallest absolute Gasteiger partial charge is 0.295 e. The average Bonchev–Trinajstić information content (AvgIpc) is 3.22. The normalized spacial score (nSPS) is 22.9. The molecule has 1 N–H and O–H groups in total. The van der Waals surface area contributed by atoms with Gasteiger partial charge in [-0.2, -0.15) is 4.31 Å². The van der Waals surface area contributed by atoms with Gasteiger partial charge in [0.05, 0.1) is 42.9 Å². The van der Waals surface area contributed by atoms with Gasteiger partial charge in [0.15, 0.2) is 0 Å². The van der Waals surface area contributed by atoms with E-state index in [1.54, 1.807) is 0 Å². The van der Waals surface area contributed by atoms with Crippen LogP contribution in [0, 0.1) is 0 Å². The molecule has 10 nitrogen and oxygen atoms in total. The molecule has 1 atom stereocenters. The van der Waals surface area contributed by atoms with Gasteiger partial charge in [-0.25, -0.2) is 8.42 Å². The summed E-state index contributed by atoms with van der Waals surface area (Å²) in [4.78, 5) is 30.3. The molecule has 3 aliphatic rings. The van der Waals surface area contributed by atoms with E-state index in [1.807, 2.05) is 24.3 Å². The number of nitrogens with zero attached hydrogens (tertiary/aromatic N) is 3. The van der Waals surface area contributed by atoms with Crippen LogP contribution in [0.25, 0.3) is 5.76 Å². The van der Waals surface area contributed by atoms with Crippen molar-refractivity contribution in [2.24, 2.45) is 0 Å². The van der Waals surface area contributed by atoms with E-state index >= 15 is 0 Å². The predicted molar refractivity (Wildman–Crippen MR) is 146 cm³/mol. The summed E-state index contributed by atoms with van der Waals surface area (Å²) in [6, 6.07) is 12.2. The number of sulfonamides is 1. The number of hydrogen-bond donors (Lipinski definition) is 1. The molecule has 5 rings (SSSR count). The molecule has 39 heavy (non-hydrogen) atoms. The highest BCUT2D eigenvalue weighted by Crippen LogP contribution is 2.40. The fraction of sp³-hybridized carbons (Fsp3) is 0.407. The zero-order valence-corrected chi connectivity index (χ0v) is 23.7. The van der Waals surface area contributed by atoms with E-state index in [2.05, 4.69) is 20.8 Å². The third-order valence-corrected chi connectivity index (χ3v) is 9.61. The largest absolute Gasteiger partial charge is 0.507 e. The lowest BCUT2D eigenvalue weighted by molar-refractivity contribution is -0.140. The maximum absolute atomic E-state index is 13.3. The molecule has 2 aromatic rings. The summed E-state index contributed by atoms with van der Waals surface area (Å²) in [6.07, 6.45) is 0. The molecule has 3 heterocycles. The van der Waals surface area contributed by atoms with Gasteiger partial charge in [-0.15, -0.1) is 0 Å². The van der Waals surface area contributed by atoms with E-state index in [-0.39, 0.29) is 34.9 Å². The number of ether oxygens (including phenoxy) is 2. The summed E-state index contributed by atoms with van der Waals surface area (Å²) in [5.41, 5.74) is 0.907. The van der Waals surface area contributed by atoms with Crippen LogP contribution in [-0.2, 0) is 29.1 Å². The van der Waals surface area contributed by atoms with Crippen LogP contribution in [0.3, 0.4) is 0 Å². The molecule has 0 aromatic heterocycles. The van der Waals surface area contributed by atoms with Crippen molar-refractivity contribution in [3.63, 3.8) is 0 Å². The monoisotopic (exact) mass is 619 g/mol. The predicted octanol–water partition coefficient (Wildman–Crippen LogP) is 2.22. The van der Waals surface area contributed by atoms with Crippen molar-refractivity contribution in [3.8, 4) is 0 Å². The van der Waals surface area contributed by atoms with Gasteiger partial charge in [0.2, 0.25) is 10.0 Å². The second kappa shape index (κ2) is 11.9. The Morgan fingerprint density at radius 3 is 2.21 bits per heavy atom. The lowest BCUT2D eigenvalue weighted by Crippen LogP contribution is -2.42. The Morgan fingerprint density at radius 2 is 1.56 bits per heavy atom. The van der Waals surface area contributed by atoms with Gasteiger partial charge in [0.1, 0.15) is 5.76 Å². The minimum absolute atomic E-state index is 0.0242. The number of aliphatic hydroxyl groups excluding tert-OH is 1. The Kier molecular flexibility index (Phi) is 8.50. The summed E-state index contributed by atoms with van der Waals surface area (Å²) in [6.45, 7) is 4.78. The first kappa shape index (κ1) is 27.9. The number of Topliss-reactive ketones (excluding diaryl/α,β-unsaturated/α-hetero) is 1. The van der Waals surface area contributed by atoms with Gasteiger partial charge in [-0.1, -0.05) is 28.1 Å². The van der Waals surface area contributed by atoms with E-state index < -0.39 is 27.8 Å². The van der Waals surface area contributed by atoms with Gasteiger partial charge in [-0.05, 0) is 42.0 Å². The minimum atomic E-state index is -3.72. The van der Waals surface area contributed by atoms with Crippen LogP contribution in [-0.4, -0.2) is 105 Å². The number of benzene rings is 2. The van der Waals surface area contributed by atoms with Gasteiger partial charge in [0, 0.05) is 49.3 Å². The number of hydrogen-bond acceptors (Lipinski definition) is 8. The molecule has 2 aromatic carbocycles. The molecule has 0 saturated carbocycles. The Labute approximate surface area is 236 Å². The SMILES string of the molecule is O=C1C(=O)N(CCN2CCOCC2)C(c2cccc(Br)c2)C1=C(O)c1ccc(S(=O)(=O)N2CCOCC2)cc1. The Balaban J connectivity index is 1.48. The Bertz CT molecular complexity index is 1370. The quantitative estimate of drug-likeness (QED) is 0.285. The van der Waals surface area contributed by atoms with Crippen LogP contribution in [0.4, 0.5) is 0 Å². The van der Waals surface area contributed by atoms with Crippen molar-refractivity contribution in [1.82, 2.24) is 14.1 Å². The van der Waals surface area contributed by atoms with Crippen molar-refractivity contribution in [2.45, 2.75) is 10.9 Å². The first-order valence-corrected chi connectivity index (χ1v) is 15.0. The van der Waals surface area contributed by atoms with Crippen molar-refractivity contribution >= 4 is 43.4 Å². The standard InChI is InChI=1S/C27H30BrN3O7S/c28-21-3-1-2-20(18-21)24-23(26(33)27(34)31(24)9-8-29-10-14-37-15-11-29)25(32)19-4-6-22(7-5-19)39(35,36)30-12-16-38-17-13-30/h1-7,18,24,32H,8-17H2. The second-order valence-electron chi connectivity index (χ2n) is 9.54. The van der Waals surface area contributed by atoms with Gasteiger partial charge in [0.25, 0.3) is 11.7 Å². The molecule has 0 bridgehead atoms. The highest BCUT2D eigenvalue weighted by Gasteiger charge is 2.46. The summed E-state index contributed by atoms with van der Waals surface area (Å²) in [5, 5.41) is 11.4. The molecule has 3 saturated heterocycles. The van der Waals surface area contributed by atoms with E-state index in [1.165, 1.54) is 33.5 Å². The number of carbonyl (C=O) groups excluding carboxylic acids is 2. The zero-order valence-electron chi connectivity index (χ0n) is 21.3. The number of morpholine rings is 2. The number of amides is 1. The lowest BCUT2D eigenvalue weighted by atomic mass is 9.95. The number of ketones is 1. The third-order valence-electron chi connectivity index (χ3n) is 7.20. The van der Waals surface area contributed by atoms with E-state index in [0.717, 1.165) is 17.6 Å². The molecule has 0 radical (unpaired) electrons. The average molecular weight is 621 g/mol. The summed E-state index contributed by atoms with van der Waals surface area (Å²) in [5.74, 6) is -1.80. The van der Waals surface area contributed by atoms with E-state index in [4.69, 9.17) is 9.47 Å². The van der Waals surface area contributed by atoms with E-state index in [0.29, 0.717) is 45.1 Å². The first-order valence-electron chi connectivity index (χ1n) is 12.8. The summed E-state index contributed by atoms with van der Waals surface area (Å²) < 4.78 is 38.8. The fourth-order valence-corrected chi connectivity index (χ4v) is 6.91. The highest BCUT2D eigenvalue weighted by atomic mass is 79.9. The van der Waals surface area contributed by atoms with Gasteiger partial charge >= 0.3 is 0 Å². The molecule has 0 spiro atoms. The van der Waals surface area contributed by atoms with Crippen LogP contribution in [0.5, 0.6) is 0 Å². The first-order chi connectivity index (χ1) is 18.8. The molecule has 0 aliphatic carbocycles. The second-order valence-corrected chi connectivity index (χ2v) is 12.4. The van der Waals surface area contributed by atoms with Crippen molar-refractivity contribution in [3.05, 3.63) is 69.7 Å². The fourth-order valence-electron chi connectivity index (χ4n) is 5.08. The Morgan fingerprint density at radius 1 is 0.923 bits per heavy atom. The molecule has 208 valence electrons. The molecule has 12 heteroatoms. The number of likely N-dealkylation sites (tertiary alicyclic amines) is 1. The van der Waals surface area contributed by atoms with E-state index in [9.17, 15) is 23.1 Å². The molecular weight excluding hydrogens is 590 g/mol. The minimum Gasteiger partial charge on any atom is -0.507 e. The maximum Gasteiger partial charge on any atom is 0.295 e. The van der Waals surface area contributed by atoms with Crippen LogP contribution in [0.1, 0.15) is 17.2 Å². The van der Waals surface area contributed by atoms with Crippen LogP contribution < -0.4 is 0 Å². The number of aliphatic hydroxyl groups is 1. The van der Waals surface area contributed by atoms with Crippen LogP contribution >= 0.6 is 15.9 Å². The summed E-state index contributed by atoms with van der Waals surface area (Å²) in [7, 11) is -3.72. The molecule has 3 aliphatic heterocycles. The van der Waals surface area contributed by atoms with Crippen LogP contribution in [0.2, 0.25) is 0 Å². The summed E-state index contributed by atoms with van der Waals surface area (Å²) >= 11 is 3.46. The Hall–Kier alpha value is -2.61. The van der Waals surface area contributed by atoms with Gasteiger partial charge < -0.3 is 19.5 Å². The third kappa shape index (κ3) is 5.81. The molecule has 3 fully saturated rings. The van der Waals surface area contributed by atoms with Crippen molar-refractivity contribution in [1.29, 1.82) is 0 Å². The highest BCUT2D eigenvalue weighted by molar-refractivity contribution is 9.10. The van der Waals surface area contributed by atoms with Crippen molar-refractivity contribution in [2.75, 3.05) is 65.7 Å². The molecule has 1 unspecified atom stereocenters.